The molecule has 1 saturated heterocycles. The van der Waals surface area contributed by atoms with Gasteiger partial charge in [0.05, 0.1) is 36.8 Å². The lowest BCUT2D eigenvalue weighted by atomic mass is 9.84. The normalized spacial score (nSPS) is 19.7. The number of methoxy groups -OCH3 is 1. The number of anilines is 3. The Labute approximate surface area is 231 Å². The van der Waals surface area contributed by atoms with Gasteiger partial charge in [0.1, 0.15) is 39.6 Å². The van der Waals surface area contributed by atoms with Crippen molar-refractivity contribution < 1.29 is 27.4 Å². The molecule has 4 heterocycles. The lowest BCUT2D eigenvalue weighted by molar-refractivity contribution is -0.0529. The minimum absolute atomic E-state index is 0.0524. The minimum Gasteiger partial charge on any atom is -0.494 e. The second-order valence-corrected chi connectivity index (χ2v) is 11.4. The molecule has 2 atom stereocenters. The fourth-order valence-corrected chi connectivity index (χ4v) is 6.77. The van der Waals surface area contributed by atoms with Crippen LogP contribution in [0.2, 0.25) is 0 Å². The summed E-state index contributed by atoms with van der Waals surface area (Å²) in [6.07, 6.45) is -1.53. The number of alkyl halides is 2. The van der Waals surface area contributed by atoms with E-state index in [1.807, 2.05) is 3.11 Å². The predicted octanol–water partition coefficient (Wildman–Crippen LogP) is 4.05. The summed E-state index contributed by atoms with van der Waals surface area (Å²) in [6, 6.07) is 3.56. The van der Waals surface area contributed by atoms with Gasteiger partial charge in [-0.2, -0.15) is 3.15 Å². The van der Waals surface area contributed by atoms with Gasteiger partial charge in [-0.15, -0.1) is 0 Å². The number of nitrogens with two attached hydrogens (primary N) is 2. The molecule has 2 aliphatic heterocycles. The van der Waals surface area contributed by atoms with Crippen molar-refractivity contribution in [2.45, 2.75) is 37.5 Å². The number of pyridine rings is 1. The van der Waals surface area contributed by atoms with Gasteiger partial charge in [-0.1, -0.05) is 0 Å². The third-order valence-corrected chi connectivity index (χ3v) is 8.81. The van der Waals surface area contributed by atoms with Crippen molar-refractivity contribution in [2.75, 3.05) is 33.9 Å². The van der Waals surface area contributed by atoms with Crippen LogP contribution in [0.15, 0.2) is 33.9 Å². The highest BCUT2D eigenvalue weighted by Gasteiger charge is 2.43. The predicted molar refractivity (Wildman–Crippen MR) is 145 cm³/mol. The van der Waals surface area contributed by atoms with Crippen LogP contribution in [-0.4, -0.2) is 58.3 Å². The first kappa shape index (κ1) is 27.4. The molecule has 2 aromatic heterocycles. The number of aliphatic hydroxyl groups excluding tert-OH is 1. The van der Waals surface area contributed by atoms with Crippen LogP contribution in [-0.2, 0) is 6.54 Å². The van der Waals surface area contributed by atoms with E-state index in [0.29, 0.717) is 35.7 Å². The second kappa shape index (κ2) is 10.8. The smallest absolute Gasteiger partial charge is 0.265 e. The molecular formula is C24H25F4IN8O2. The third-order valence-electron chi connectivity index (χ3n) is 6.79. The summed E-state index contributed by atoms with van der Waals surface area (Å²) >= 11 is -0.927. The molecule has 1 fully saturated rings. The van der Waals surface area contributed by atoms with Gasteiger partial charge >= 0.3 is 0 Å². The number of hydrogen-bond acceptors (Lipinski definition) is 10. The molecular weight excluding hydrogens is 635 g/mol. The molecule has 1 aromatic carbocycles. The van der Waals surface area contributed by atoms with Gasteiger partial charge in [-0.3, -0.25) is 8.10 Å². The maximum absolute atomic E-state index is 14.9. The summed E-state index contributed by atoms with van der Waals surface area (Å²) in [4.78, 5) is 14.5. The molecule has 0 bridgehead atoms. The van der Waals surface area contributed by atoms with E-state index >= 15 is 0 Å². The van der Waals surface area contributed by atoms with Gasteiger partial charge in [-0.25, -0.2) is 27.5 Å². The maximum atomic E-state index is 14.9. The average molecular weight is 660 g/mol. The van der Waals surface area contributed by atoms with Crippen molar-refractivity contribution in [1.82, 2.24) is 15.0 Å². The van der Waals surface area contributed by atoms with Gasteiger partial charge in [0.25, 0.3) is 6.43 Å². The summed E-state index contributed by atoms with van der Waals surface area (Å²) < 4.78 is 67.5. The zero-order valence-corrected chi connectivity index (χ0v) is 22.8. The quantitative estimate of drug-likeness (QED) is 0.195. The first-order chi connectivity index (χ1) is 18.6. The first-order valence-corrected chi connectivity index (χ1v) is 13.8. The summed E-state index contributed by atoms with van der Waals surface area (Å²) in [5.74, 6) is -0.931. The van der Waals surface area contributed by atoms with E-state index in [4.69, 9.17) is 16.2 Å². The summed E-state index contributed by atoms with van der Waals surface area (Å²) in [5, 5.41) is 10.2. The van der Waals surface area contributed by atoms with Gasteiger partial charge in [0, 0.05) is 24.7 Å². The summed E-state index contributed by atoms with van der Waals surface area (Å²) in [7, 11) is 1.24. The molecule has 3 aromatic rings. The molecule has 0 amide bonds. The van der Waals surface area contributed by atoms with E-state index in [2.05, 4.69) is 18.1 Å². The van der Waals surface area contributed by atoms with Crippen LogP contribution in [0.5, 0.6) is 5.75 Å². The molecule has 0 aliphatic carbocycles. The Kier molecular flexibility index (Phi) is 7.56. The molecule has 208 valence electrons. The number of fused-ring (bicyclic) bond motifs is 1. The highest BCUT2D eigenvalue weighted by Crippen LogP contribution is 2.45. The fourth-order valence-electron chi connectivity index (χ4n) is 4.75. The van der Waals surface area contributed by atoms with Crippen LogP contribution in [0.3, 0.4) is 0 Å². The number of rotatable bonds is 7. The summed E-state index contributed by atoms with van der Waals surface area (Å²) in [6.45, 7) is 0.666. The Hall–Kier alpha value is -3.18. The Morgan fingerprint density at radius 1 is 1.18 bits per heavy atom. The van der Waals surface area contributed by atoms with E-state index in [9.17, 15) is 22.7 Å². The average Bonchev–Trinajstić information content (AvgIpc) is 3.33. The molecule has 10 nitrogen and oxygen atoms in total. The highest BCUT2D eigenvalue weighted by molar-refractivity contribution is 14.2. The minimum atomic E-state index is -3.00. The number of nitrogens with zero attached hydrogens (tertiary/aromatic N) is 6. The van der Waals surface area contributed by atoms with Crippen LogP contribution in [0.4, 0.5) is 40.6 Å². The highest BCUT2D eigenvalue weighted by atomic mass is 127. The van der Waals surface area contributed by atoms with Gasteiger partial charge in [0.15, 0.2) is 28.9 Å². The van der Waals surface area contributed by atoms with E-state index < -0.39 is 51.0 Å². The largest absolute Gasteiger partial charge is 0.494 e. The fraction of sp³-hybridized carbons (Fsp3) is 0.375. The van der Waals surface area contributed by atoms with Crippen molar-refractivity contribution >= 4 is 44.3 Å². The summed E-state index contributed by atoms with van der Waals surface area (Å²) in [5.41, 5.74) is 12.4. The van der Waals surface area contributed by atoms with Crippen molar-refractivity contribution in [3.8, 4) is 17.0 Å². The molecule has 5 N–H and O–H groups in total. The number of benzene rings is 1. The van der Waals surface area contributed by atoms with Crippen LogP contribution in [0, 0.1) is 11.6 Å². The van der Waals surface area contributed by atoms with Crippen molar-refractivity contribution in [3.05, 3.63) is 47.9 Å². The van der Waals surface area contributed by atoms with Crippen molar-refractivity contribution in [2.24, 2.45) is 8.88 Å². The standard InChI is InChI=1S/C24H25F4IN8O2/c1-39-18-7-14(25)13(6-15(18)26)16-5-12(9-37-23-19(35-29-37)22(30)33-11-34-23)17(8-32-16)36-4-2-3-24(31,10-36)20(38)21(27)28/h5-8,11,20-21,38H,2-4,9-10,31H2,1H3,(H2,30,33,34)/t20-,24-/m1/s1. The van der Waals surface area contributed by atoms with E-state index in [-0.39, 0.29) is 42.3 Å². The molecule has 0 radical (unpaired) electrons. The van der Waals surface area contributed by atoms with E-state index in [1.165, 1.54) is 19.6 Å². The zero-order chi connectivity index (χ0) is 27.9. The molecule has 5 rings (SSSR count). The van der Waals surface area contributed by atoms with E-state index in [0.717, 1.165) is 12.1 Å². The Morgan fingerprint density at radius 3 is 2.72 bits per heavy atom. The lowest BCUT2D eigenvalue weighted by Crippen LogP contribution is -2.63. The molecule has 39 heavy (non-hydrogen) atoms. The van der Waals surface area contributed by atoms with Crippen LogP contribution >= 0.6 is 21.3 Å². The monoisotopic (exact) mass is 660 g/mol. The zero-order valence-electron chi connectivity index (χ0n) is 20.7. The number of aliphatic hydroxyl groups is 1. The number of ether oxygens (including phenoxy) is 1. The molecule has 0 spiro atoms. The third kappa shape index (κ3) is 5.21. The van der Waals surface area contributed by atoms with Crippen LogP contribution < -0.4 is 24.2 Å². The van der Waals surface area contributed by atoms with Crippen LogP contribution in [0.25, 0.3) is 11.3 Å². The van der Waals surface area contributed by atoms with Crippen molar-refractivity contribution in [1.29, 1.82) is 0 Å². The van der Waals surface area contributed by atoms with Crippen molar-refractivity contribution in [3.63, 3.8) is 0 Å². The second-order valence-electron chi connectivity index (χ2n) is 9.31. The number of piperidine rings is 1. The SMILES string of the molecule is COc1cc(F)c(-c2cc(CN3I=Nc4c(N)ncnc43)c(N3CCC[C@](N)([C@H](O)C(F)F)C3)cn2)cc1F. The number of hydrogen-bond donors (Lipinski definition) is 3. The molecule has 2 aliphatic rings. The van der Waals surface area contributed by atoms with Crippen LogP contribution in [0.1, 0.15) is 18.4 Å². The topological polar surface area (TPSA) is 139 Å². The van der Waals surface area contributed by atoms with Gasteiger partial charge in [-0.05, 0) is 30.5 Å². The van der Waals surface area contributed by atoms with Gasteiger partial charge in [0.2, 0.25) is 0 Å². The Balaban J connectivity index is 1.56. The first-order valence-electron chi connectivity index (χ1n) is 11.9. The number of halogens is 5. The molecule has 0 unspecified atom stereocenters. The Bertz CT molecular complexity index is 1430. The lowest BCUT2D eigenvalue weighted by Gasteiger charge is -2.44. The number of aromatic nitrogens is 3. The van der Waals surface area contributed by atoms with E-state index in [1.54, 1.807) is 11.0 Å². The number of nitrogen functional groups attached to an aromatic ring is 1. The Morgan fingerprint density at radius 2 is 1.97 bits per heavy atom. The van der Waals surface area contributed by atoms with Gasteiger partial charge < -0.3 is 26.2 Å². The maximum Gasteiger partial charge on any atom is 0.265 e. The molecule has 0 saturated carbocycles. The molecule has 15 heteroatoms.